The highest BCUT2D eigenvalue weighted by molar-refractivity contribution is 7.99. The van der Waals surface area contributed by atoms with Crippen molar-refractivity contribution in [3.63, 3.8) is 0 Å². The van der Waals surface area contributed by atoms with Crippen molar-refractivity contribution in [2.45, 2.75) is 75.0 Å². The Kier molecular flexibility index (Phi) is 14.2. The summed E-state index contributed by atoms with van der Waals surface area (Å²) in [7, 11) is 1.62. The number of fused-ring (bicyclic) bond motifs is 1. The molecule has 6 rings (SSSR count). The first-order valence-electron chi connectivity index (χ1n) is 19.7. The Morgan fingerprint density at radius 3 is 2.25 bits per heavy atom. The number of imide groups is 1. The van der Waals surface area contributed by atoms with Gasteiger partial charge in [0.2, 0.25) is 17.7 Å². The first-order chi connectivity index (χ1) is 27.3. The lowest BCUT2D eigenvalue weighted by Gasteiger charge is -2.32. The third-order valence-electron chi connectivity index (χ3n) is 11.0. The van der Waals surface area contributed by atoms with Crippen LogP contribution in [0.2, 0.25) is 0 Å². The van der Waals surface area contributed by atoms with Crippen molar-refractivity contribution in [1.82, 2.24) is 20.4 Å². The minimum absolute atomic E-state index is 0.118. The first kappa shape index (κ1) is 40.5. The quantitative estimate of drug-likeness (QED) is 0.121. The second-order valence-electron chi connectivity index (χ2n) is 14.6. The van der Waals surface area contributed by atoms with Crippen molar-refractivity contribution in [3.8, 4) is 5.75 Å². The standard InChI is InChI=1S/C45H52N4O6S/c1-3-46-41(50)39(28-31-14-6-4-7-15-31)48-27-25-34(33-16-8-5-9-17-33)29-38(45(48)54)47-42(51)40(56-30-32-21-23-35(55-2)24-22-32)20-12-13-26-49-43(52)36-18-10-11-19-37(36)44(49)53/h4-11,14-16,18-19,21-24,33-34,38-40H,3,12-13,17,20,25-30H2,1-2H3,(H,46,50)(H,47,51)/t33?,34-,38?,39-,40?/m0/s1. The van der Waals surface area contributed by atoms with Crippen LogP contribution in [0.1, 0.15) is 77.3 Å². The number of nitrogens with one attached hydrogen (secondary N) is 2. The average molecular weight is 777 g/mol. The molecular formula is C45H52N4O6S. The van der Waals surface area contributed by atoms with Gasteiger partial charge in [0.05, 0.1) is 23.5 Å². The number of carbonyl (C=O) groups is 5. The number of benzene rings is 3. The van der Waals surface area contributed by atoms with Crippen LogP contribution in [0.15, 0.2) is 103 Å². The number of allylic oxidation sites excluding steroid dienone is 4. The number of rotatable bonds is 17. The summed E-state index contributed by atoms with van der Waals surface area (Å²) < 4.78 is 5.33. The van der Waals surface area contributed by atoms with E-state index in [1.54, 1.807) is 36.3 Å². The van der Waals surface area contributed by atoms with Crippen molar-refractivity contribution in [1.29, 1.82) is 0 Å². The molecule has 3 aliphatic rings. The monoisotopic (exact) mass is 776 g/mol. The lowest BCUT2D eigenvalue weighted by Crippen LogP contribution is -2.56. The fourth-order valence-corrected chi connectivity index (χ4v) is 9.03. The number of carbonyl (C=O) groups excluding carboxylic acids is 5. The van der Waals surface area contributed by atoms with Crippen LogP contribution >= 0.6 is 11.8 Å². The molecule has 5 atom stereocenters. The van der Waals surface area contributed by atoms with Crippen molar-refractivity contribution in [2.24, 2.45) is 11.8 Å². The molecule has 0 aromatic heterocycles. The van der Waals surface area contributed by atoms with Crippen molar-refractivity contribution < 1.29 is 28.7 Å². The third kappa shape index (κ3) is 9.98. The van der Waals surface area contributed by atoms with Crippen LogP contribution in [-0.2, 0) is 26.6 Å². The number of hydrogen-bond donors (Lipinski definition) is 2. The molecule has 2 heterocycles. The van der Waals surface area contributed by atoms with Crippen molar-refractivity contribution >= 4 is 41.3 Å². The molecule has 2 N–H and O–H groups in total. The second-order valence-corrected chi connectivity index (χ2v) is 15.8. The number of unbranched alkanes of at least 4 members (excludes halogenated alkanes) is 1. The van der Waals surface area contributed by atoms with E-state index in [2.05, 4.69) is 22.8 Å². The molecule has 10 nitrogen and oxygen atoms in total. The SMILES string of the molecule is CCNC(=O)[C@H](Cc1ccccc1)N1CC[C@H](C2C=CC=CC2)CC(NC(=O)C(CCCCN2C(=O)c3ccccc3C2=O)SCc2ccc(OC)cc2)C1=O. The fourth-order valence-electron chi connectivity index (χ4n) is 7.89. The normalized spacial score (nSPS) is 20.3. The van der Waals surface area contributed by atoms with E-state index < -0.39 is 17.3 Å². The number of likely N-dealkylation sites (tertiary alicyclic amines) is 1. The van der Waals surface area contributed by atoms with Gasteiger partial charge in [0.25, 0.3) is 11.8 Å². The second kappa shape index (κ2) is 19.6. The number of likely N-dealkylation sites (N-methyl/N-ethyl adjacent to an activating group) is 1. The van der Waals surface area contributed by atoms with Gasteiger partial charge in [-0.1, -0.05) is 85.3 Å². The zero-order valence-electron chi connectivity index (χ0n) is 32.2. The Labute approximate surface area is 334 Å². The molecule has 3 aromatic carbocycles. The fraction of sp³-hybridized carbons (Fsp3) is 0.400. The van der Waals surface area contributed by atoms with Crippen LogP contribution in [0, 0.1) is 11.8 Å². The smallest absolute Gasteiger partial charge is 0.261 e. The molecule has 0 spiro atoms. The molecule has 3 aromatic rings. The number of ether oxygens (including phenoxy) is 1. The highest BCUT2D eigenvalue weighted by Gasteiger charge is 2.40. The molecule has 1 saturated heterocycles. The first-order valence-corrected chi connectivity index (χ1v) is 20.8. The predicted molar refractivity (Wildman–Crippen MR) is 219 cm³/mol. The third-order valence-corrected chi connectivity index (χ3v) is 12.3. The number of nitrogens with zero attached hydrogens (tertiary/aromatic N) is 2. The van der Waals surface area contributed by atoms with E-state index >= 15 is 0 Å². The van der Waals surface area contributed by atoms with Gasteiger partial charge in [0, 0.05) is 31.8 Å². The Hall–Kier alpha value is -5.16. The molecule has 3 unspecified atom stereocenters. The summed E-state index contributed by atoms with van der Waals surface area (Å²) in [4.78, 5) is 71.7. The van der Waals surface area contributed by atoms with Gasteiger partial charge in [-0.2, -0.15) is 0 Å². The summed E-state index contributed by atoms with van der Waals surface area (Å²) in [5.74, 6) is 0.367. The summed E-state index contributed by atoms with van der Waals surface area (Å²) in [6.07, 6.45) is 12.4. The largest absolute Gasteiger partial charge is 0.497 e. The van der Waals surface area contributed by atoms with E-state index in [0.29, 0.717) is 68.5 Å². The van der Waals surface area contributed by atoms with E-state index in [1.807, 2.05) is 73.7 Å². The maximum Gasteiger partial charge on any atom is 0.261 e. The molecule has 0 bridgehead atoms. The van der Waals surface area contributed by atoms with Gasteiger partial charge in [0.1, 0.15) is 17.8 Å². The molecule has 1 aliphatic carbocycles. The number of hydrogen-bond acceptors (Lipinski definition) is 7. The van der Waals surface area contributed by atoms with Gasteiger partial charge in [0.15, 0.2) is 0 Å². The highest BCUT2D eigenvalue weighted by atomic mass is 32.2. The molecule has 11 heteroatoms. The van der Waals surface area contributed by atoms with Crippen LogP contribution < -0.4 is 15.4 Å². The summed E-state index contributed by atoms with van der Waals surface area (Å²) >= 11 is 1.50. The van der Waals surface area contributed by atoms with Crippen LogP contribution in [0.25, 0.3) is 0 Å². The van der Waals surface area contributed by atoms with Crippen LogP contribution in [-0.4, -0.2) is 83.4 Å². The van der Waals surface area contributed by atoms with Gasteiger partial charge >= 0.3 is 0 Å². The lowest BCUT2D eigenvalue weighted by atomic mass is 9.81. The molecule has 5 amide bonds. The topological polar surface area (TPSA) is 125 Å². The van der Waals surface area contributed by atoms with E-state index in [1.165, 1.54) is 16.7 Å². The Morgan fingerprint density at radius 1 is 0.875 bits per heavy atom. The van der Waals surface area contributed by atoms with E-state index in [-0.39, 0.29) is 47.9 Å². The van der Waals surface area contributed by atoms with Crippen molar-refractivity contribution in [2.75, 3.05) is 26.7 Å². The number of methoxy groups -OCH3 is 1. The van der Waals surface area contributed by atoms with Crippen LogP contribution in [0.3, 0.4) is 0 Å². The van der Waals surface area contributed by atoms with Gasteiger partial charge in [-0.05, 0) is 86.3 Å². The predicted octanol–water partition coefficient (Wildman–Crippen LogP) is 6.37. The zero-order valence-corrected chi connectivity index (χ0v) is 33.0. The minimum Gasteiger partial charge on any atom is -0.497 e. The minimum atomic E-state index is -0.815. The molecule has 0 radical (unpaired) electrons. The van der Waals surface area contributed by atoms with E-state index in [9.17, 15) is 24.0 Å². The summed E-state index contributed by atoms with van der Waals surface area (Å²) in [6, 6.07) is 22.8. The molecule has 2 aliphatic heterocycles. The molecule has 294 valence electrons. The Bertz CT molecular complexity index is 1880. The van der Waals surface area contributed by atoms with Crippen molar-refractivity contribution in [3.05, 3.63) is 125 Å². The molecule has 56 heavy (non-hydrogen) atoms. The maximum absolute atomic E-state index is 14.7. The lowest BCUT2D eigenvalue weighted by molar-refractivity contribution is -0.142. The summed E-state index contributed by atoms with van der Waals surface area (Å²) in [5.41, 5.74) is 2.82. The average Bonchev–Trinajstić information content (AvgIpc) is 3.35. The zero-order chi connectivity index (χ0) is 39.4. The van der Waals surface area contributed by atoms with Gasteiger partial charge < -0.3 is 20.3 Å². The number of thioether (sulfide) groups is 1. The molecule has 1 fully saturated rings. The van der Waals surface area contributed by atoms with E-state index in [4.69, 9.17) is 4.74 Å². The van der Waals surface area contributed by atoms with Gasteiger partial charge in [-0.15, -0.1) is 11.8 Å². The van der Waals surface area contributed by atoms with Crippen LogP contribution in [0.4, 0.5) is 0 Å². The molecule has 0 saturated carbocycles. The van der Waals surface area contributed by atoms with Gasteiger partial charge in [-0.3, -0.25) is 28.9 Å². The maximum atomic E-state index is 14.7. The van der Waals surface area contributed by atoms with Crippen LogP contribution in [0.5, 0.6) is 5.75 Å². The Morgan fingerprint density at radius 2 is 1.59 bits per heavy atom. The van der Waals surface area contributed by atoms with Gasteiger partial charge in [-0.25, -0.2) is 0 Å². The summed E-state index contributed by atoms with van der Waals surface area (Å²) in [5, 5.41) is 5.64. The van der Waals surface area contributed by atoms with E-state index in [0.717, 1.165) is 23.3 Å². The molecular weight excluding hydrogens is 725 g/mol. The number of amides is 5. The summed E-state index contributed by atoms with van der Waals surface area (Å²) in [6.45, 7) is 2.97. The Balaban J connectivity index is 1.20. The highest BCUT2D eigenvalue weighted by Crippen LogP contribution is 2.33.